The first-order valence-corrected chi connectivity index (χ1v) is 9.90. The number of hydrogen-bond donors (Lipinski definition) is 2. The summed E-state index contributed by atoms with van der Waals surface area (Å²) in [6, 6.07) is 11.4. The predicted octanol–water partition coefficient (Wildman–Crippen LogP) is 2.64. The van der Waals surface area contributed by atoms with Crippen LogP contribution in [0.1, 0.15) is 29.7 Å². The highest BCUT2D eigenvalue weighted by atomic mass is 16.5. The highest BCUT2D eigenvalue weighted by molar-refractivity contribution is 5.79. The number of urea groups is 1. The number of rotatable bonds is 6. The number of likely N-dealkylation sites (tertiary alicyclic amines) is 1. The number of amides is 3. The summed E-state index contributed by atoms with van der Waals surface area (Å²) in [5.74, 6) is 0.787. The molecule has 0 atom stereocenters. The molecule has 1 aromatic carbocycles. The maximum absolute atomic E-state index is 12.4. The number of aryl methyl sites for hydroxylation is 1. The van der Waals surface area contributed by atoms with Gasteiger partial charge in [-0.15, -0.1) is 0 Å². The van der Waals surface area contributed by atoms with Crippen molar-refractivity contribution in [1.29, 1.82) is 0 Å². The summed E-state index contributed by atoms with van der Waals surface area (Å²) in [4.78, 5) is 30.8. The molecular formula is C22H28N4O3. The molecule has 1 aromatic heterocycles. The molecule has 0 unspecified atom stereocenters. The Kier molecular flexibility index (Phi) is 7.05. The Balaban J connectivity index is 1.38. The minimum absolute atomic E-state index is 0.0478. The van der Waals surface area contributed by atoms with Crippen LogP contribution in [0, 0.1) is 12.8 Å². The normalized spacial score (nSPS) is 14.3. The van der Waals surface area contributed by atoms with E-state index in [2.05, 4.69) is 15.6 Å². The Morgan fingerprint density at radius 2 is 1.69 bits per heavy atom. The van der Waals surface area contributed by atoms with Crippen LogP contribution in [0.15, 0.2) is 42.6 Å². The quantitative estimate of drug-likeness (QED) is 0.786. The molecule has 7 nitrogen and oxygen atoms in total. The lowest BCUT2D eigenvalue weighted by atomic mass is 9.96. The van der Waals surface area contributed by atoms with Crippen LogP contribution in [-0.2, 0) is 17.9 Å². The lowest BCUT2D eigenvalue weighted by molar-refractivity contribution is -0.126. The van der Waals surface area contributed by atoms with Gasteiger partial charge in [0.1, 0.15) is 5.75 Å². The number of aromatic nitrogens is 1. The molecule has 0 radical (unpaired) electrons. The SMILES string of the molecule is COc1ccc(CNC(=O)C2CCN(C(=O)NCc3ccc(C)nc3)CC2)cc1. The molecule has 1 saturated heterocycles. The van der Waals surface area contributed by atoms with Crippen molar-refractivity contribution in [3.8, 4) is 5.75 Å². The summed E-state index contributed by atoms with van der Waals surface area (Å²) >= 11 is 0. The Labute approximate surface area is 171 Å². The minimum atomic E-state index is -0.0948. The zero-order valence-electron chi connectivity index (χ0n) is 17.0. The average Bonchev–Trinajstić information content (AvgIpc) is 2.77. The fraction of sp³-hybridized carbons (Fsp3) is 0.409. The van der Waals surface area contributed by atoms with Crippen molar-refractivity contribution in [3.63, 3.8) is 0 Å². The Morgan fingerprint density at radius 3 is 2.31 bits per heavy atom. The summed E-state index contributed by atoms with van der Waals surface area (Å²) < 4.78 is 5.14. The van der Waals surface area contributed by atoms with E-state index in [0.717, 1.165) is 22.6 Å². The van der Waals surface area contributed by atoms with Crippen molar-refractivity contribution in [2.75, 3.05) is 20.2 Å². The first kappa shape index (κ1) is 20.6. The number of piperidine rings is 1. The van der Waals surface area contributed by atoms with E-state index in [0.29, 0.717) is 39.0 Å². The van der Waals surface area contributed by atoms with Crippen LogP contribution in [0.3, 0.4) is 0 Å². The molecule has 0 bridgehead atoms. The smallest absolute Gasteiger partial charge is 0.317 e. The van der Waals surface area contributed by atoms with Gasteiger partial charge >= 0.3 is 6.03 Å². The third-order valence-electron chi connectivity index (χ3n) is 5.20. The third-order valence-corrected chi connectivity index (χ3v) is 5.20. The lowest BCUT2D eigenvalue weighted by Gasteiger charge is -2.31. The van der Waals surface area contributed by atoms with Crippen LogP contribution in [-0.4, -0.2) is 42.0 Å². The maximum atomic E-state index is 12.4. The van der Waals surface area contributed by atoms with Crippen LogP contribution in [0.25, 0.3) is 0 Å². The van der Waals surface area contributed by atoms with Crippen molar-refractivity contribution in [2.45, 2.75) is 32.9 Å². The molecule has 3 rings (SSSR count). The first-order valence-electron chi connectivity index (χ1n) is 9.90. The Morgan fingerprint density at radius 1 is 1.03 bits per heavy atom. The second-order valence-corrected chi connectivity index (χ2v) is 7.29. The number of nitrogens with zero attached hydrogens (tertiary/aromatic N) is 2. The van der Waals surface area contributed by atoms with Crippen molar-refractivity contribution < 1.29 is 14.3 Å². The number of methoxy groups -OCH3 is 1. The molecular weight excluding hydrogens is 368 g/mol. The van der Waals surface area contributed by atoms with Crippen LogP contribution in [0.4, 0.5) is 4.79 Å². The lowest BCUT2D eigenvalue weighted by Crippen LogP contribution is -2.46. The molecule has 1 aliphatic heterocycles. The molecule has 154 valence electrons. The number of pyridine rings is 1. The van der Waals surface area contributed by atoms with E-state index in [4.69, 9.17) is 4.74 Å². The van der Waals surface area contributed by atoms with Gasteiger partial charge in [-0.3, -0.25) is 9.78 Å². The van der Waals surface area contributed by atoms with Crippen molar-refractivity contribution in [1.82, 2.24) is 20.5 Å². The second kappa shape index (κ2) is 9.91. The highest BCUT2D eigenvalue weighted by Crippen LogP contribution is 2.18. The Hall–Kier alpha value is -3.09. The molecule has 0 aliphatic carbocycles. The summed E-state index contributed by atoms with van der Waals surface area (Å²) in [5, 5.41) is 5.92. The summed E-state index contributed by atoms with van der Waals surface area (Å²) in [6.45, 7) is 4.04. The summed E-state index contributed by atoms with van der Waals surface area (Å²) in [6.07, 6.45) is 3.12. The van der Waals surface area contributed by atoms with Gasteiger partial charge in [0.2, 0.25) is 5.91 Å². The van der Waals surface area contributed by atoms with Gasteiger partial charge in [0, 0.05) is 44.0 Å². The Bertz CT molecular complexity index is 813. The van der Waals surface area contributed by atoms with Gasteiger partial charge < -0.3 is 20.3 Å². The molecule has 1 fully saturated rings. The van der Waals surface area contributed by atoms with Crippen LogP contribution in [0.2, 0.25) is 0 Å². The average molecular weight is 396 g/mol. The molecule has 7 heteroatoms. The molecule has 3 amide bonds. The number of benzene rings is 1. The maximum Gasteiger partial charge on any atom is 0.317 e. The van der Waals surface area contributed by atoms with Gasteiger partial charge in [-0.1, -0.05) is 18.2 Å². The van der Waals surface area contributed by atoms with Gasteiger partial charge in [0.15, 0.2) is 0 Å². The van der Waals surface area contributed by atoms with E-state index in [1.165, 1.54) is 0 Å². The van der Waals surface area contributed by atoms with Crippen molar-refractivity contribution in [3.05, 3.63) is 59.4 Å². The molecule has 1 aliphatic rings. The predicted molar refractivity (Wildman–Crippen MR) is 110 cm³/mol. The number of ether oxygens (including phenoxy) is 1. The van der Waals surface area contributed by atoms with Gasteiger partial charge in [-0.2, -0.15) is 0 Å². The monoisotopic (exact) mass is 396 g/mol. The highest BCUT2D eigenvalue weighted by Gasteiger charge is 2.27. The molecule has 0 saturated carbocycles. The van der Waals surface area contributed by atoms with E-state index >= 15 is 0 Å². The van der Waals surface area contributed by atoms with Crippen LogP contribution in [0.5, 0.6) is 5.75 Å². The molecule has 29 heavy (non-hydrogen) atoms. The van der Waals surface area contributed by atoms with Crippen molar-refractivity contribution in [2.24, 2.45) is 5.92 Å². The van der Waals surface area contributed by atoms with Crippen molar-refractivity contribution >= 4 is 11.9 Å². The fourth-order valence-corrected chi connectivity index (χ4v) is 3.31. The van der Waals surface area contributed by atoms with Crippen LogP contribution >= 0.6 is 0 Å². The molecule has 2 N–H and O–H groups in total. The van der Waals surface area contributed by atoms with Gasteiger partial charge in [-0.05, 0) is 49.1 Å². The molecule has 2 heterocycles. The zero-order valence-corrected chi connectivity index (χ0v) is 17.0. The van der Waals surface area contributed by atoms with E-state index in [9.17, 15) is 9.59 Å². The largest absolute Gasteiger partial charge is 0.497 e. The van der Waals surface area contributed by atoms with E-state index < -0.39 is 0 Å². The van der Waals surface area contributed by atoms with Gasteiger partial charge in [0.05, 0.1) is 7.11 Å². The number of hydrogen-bond acceptors (Lipinski definition) is 4. The van der Waals surface area contributed by atoms with E-state index in [1.54, 1.807) is 18.2 Å². The van der Waals surface area contributed by atoms with Crippen LogP contribution < -0.4 is 15.4 Å². The number of nitrogens with one attached hydrogen (secondary N) is 2. The minimum Gasteiger partial charge on any atom is -0.497 e. The van der Waals surface area contributed by atoms with E-state index in [1.807, 2.05) is 43.3 Å². The number of carbonyl (C=O) groups is 2. The first-order chi connectivity index (χ1) is 14.0. The zero-order chi connectivity index (χ0) is 20.6. The summed E-state index contributed by atoms with van der Waals surface area (Å²) in [5.41, 5.74) is 2.95. The topological polar surface area (TPSA) is 83.6 Å². The van der Waals surface area contributed by atoms with E-state index in [-0.39, 0.29) is 17.9 Å². The molecule has 0 spiro atoms. The molecule has 2 aromatic rings. The second-order valence-electron chi connectivity index (χ2n) is 7.29. The standard InChI is InChI=1S/C22H28N4O3/c1-16-3-4-18(14-23-16)15-25-22(28)26-11-9-19(10-12-26)21(27)24-13-17-5-7-20(29-2)8-6-17/h3-8,14,19H,9-13,15H2,1-2H3,(H,24,27)(H,25,28). The third kappa shape index (κ3) is 5.94. The fourth-order valence-electron chi connectivity index (χ4n) is 3.31. The van der Waals surface area contributed by atoms with Gasteiger partial charge in [-0.25, -0.2) is 4.79 Å². The van der Waals surface area contributed by atoms with Gasteiger partial charge in [0.25, 0.3) is 0 Å². The summed E-state index contributed by atoms with van der Waals surface area (Å²) in [7, 11) is 1.63. The number of carbonyl (C=O) groups excluding carboxylic acids is 2.